The van der Waals surface area contributed by atoms with Gasteiger partial charge in [0.1, 0.15) is 0 Å². The molecule has 30 heavy (non-hydrogen) atoms. The van der Waals surface area contributed by atoms with E-state index in [1.807, 2.05) is 0 Å². The van der Waals surface area contributed by atoms with Crippen LogP contribution in [-0.4, -0.2) is 25.2 Å². The number of fused-ring (bicyclic) bond motifs is 5. The largest absolute Gasteiger partial charge is 0.313 e. The third kappa shape index (κ3) is 3.93. The maximum atomic E-state index is 5.59. The Morgan fingerprint density at radius 3 is 2.73 bits per heavy atom. The van der Waals surface area contributed by atoms with Crippen LogP contribution >= 0.6 is 0 Å². The highest BCUT2D eigenvalue weighted by Gasteiger charge is 2.57. The van der Waals surface area contributed by atoms with E-state index in [0.717, 1.165) is 37.3 Å². The average molecular weight is 409 g/mol. The van der Waals surface area contributed by atoms with Crippen molar-refractivity contribution in [1.82, 2.24) is 10.6 Å². The first-order valence-corrected chi connectivity index (χ1v) is 12.7. The number of terminal acetylenes is 1. The molecule has 166 valence electrons. The molecule has 4 aliphatic rings. The lowest BCUT2D eigenvalue weighted by Crippen LogP contribution is -2.51. The van der Waals surface area contributed by atoms with E-state index >= 15 is 0 Å². The second kappa shape index (κ2) is 8.84. The molecule has 0 saturated heterocycles. The molecule has 0 aromatic rings. The molecule has 0 aliphatic heterocycles. The van der Waals surface area contributed by atoms with Crippen LogP contribution in [0.25, 0.3) is 0 Å². The van der Waals surface area contributed by atoms with Crippen LogP contribution < -0.4 is 10.6 Å². The zero-order valence-corrected chi connectivity index (χ0v) is 19.8. The minimum atomic E-state index is 0.434. The fourth-order valence-corrected chi connectivity index (χ4v) is 7.72. The Labute approximate surface area is 185 Å². The first-order valence-electron chi connectivity index (χ1n) is 12.7. The summed E-state index contributed by atoms with van der Waals surface area (Å²) in [5.41, 5.74) is 2.67. The molecule has 0 amide bonds. The average Bonchev–Trinajstić information content (AvgIpc) is 3.05. The second-order valence-corrected chi connectivity index (χ2v) is 11.4. The predicted molar refractivity (Wildman–Crippen MR) is 128 cm³/mol. The van der Waals surface area contributed by atoms with Crippen molar-refractivity contribution in [3.8, 4) is 12.3 Å². The van der Waals surface area contributed by atoms with Crippen molar-refractivity contribution in [3.05, 3.63) is 23.8 Å². The van der Waals surface area contributed by atoms with Crippen molar-refractivity contribution < 1.29 is 0 Å². The lowest BCUT2D eigenvalue weighted by atomic mass is 9.46. The summed E-state index contributed by atoms with van der Waals surface area (Å²) >= 11 is 0. The Balaban J connectivity index is 1.43. The summed E-state index contributed by atoms with van der Waals surface area (Å²) in [6, 6.07) is 1.15. The molecule has 0 bridgehead atoms. The van der Waals surface area contributed by atoms with Gasteiger partial charge in [0.05, 0.1) is 0 Å². The topological polar surface area (TPSA) is 24.1 Å². The number of hydrogen-bond donors (Lipinski definition) is 2. The molecule has 0 radical (unpaired) electrons. The van der Waals surface area contributed by atoms with Gasteiger partial charge < -0.3 is 10.6 Å². The maximum Gasteiger partial charge on any atom is 0.0253 e. The molecule has 0 aromatic heterocycles. The van der Waals surface area contributed by atoms with Crippen molar-refractivity contribution in [2.75, 3.05) is 13.1 Å². The minimum Gasteiger partial charge on any atom is -0.313 e. The van der Waals surface area contributed by atoms with Crippen LogP contribution in [0.4, 0.5) is 0 Å². The molecular formula is C28H44N2. The zero-order chi connectivity index (χ0) is 21.4. The van der Waals surface area contributed by atoms with Crippen molar-refractivity contribution in [1.29, 1.82) is 0 Å². The van der Waals surface area contributed by atoms with Gasteiger partial charge in [0.2, 0.25) is 0 Å². The third-order valence-corrected chi connectivity index (χ3v) is 9.49. The molecule has 4 aliphatic carbocycles. The third-order valence-electron chi connectivity index (χ3n) is 9.49. The number of rotatable bonds is 7. The van der Waals surface area contributed by atoms with Crippen LogP contribution in [0.15, 0.2) is 23.8 Å². The highest BCUT2D eigenvalue weighted by atomic mass is 15.0. The Hall–Kier alpha value is -1.04. The first kappa shape index (κ1) is 22.2. The van der Waals surface area contributed by atoms with Crippen molar-refractivity contribution >= 4 is 0 Å². The van der Waals surface area contributed by atoms with Gasteiger partial charge in [0.25, 0.3) is 0 Å². The number of nitrogens with one attached hydrogen (secondary N) is 2. The van der Waals surface area contributed by atoms with E-state index in [2.05, 4.69) is 62.5 Å². The van der Waals surface area contributed by atoms with Crippen LogP contribution in [0.1, 0.15) is 79.1 Å². The summed E-state index contributed by atoms with van der Waals surface area (Å²) in [4.78, 5) is 0. The smallest absolute Gasteiger partial charge is 0.0253 e. The van der Waals surface area contributed by atoms with Gasteiger partial charge in [0, 0.05) is 31.6 Å². The number of allylic oxidation sites excluding steroid dienone is 3. The molecule has 4 rings (SSSR count). The Bertz CT molecular complexity index is 713. The molecule has 2 heteroatoms. The molecule has 2 N–H and O–H groups in total. The standard InChI is InChI=1S/C28H44N2/c1-6-7-8-21-10-12-25-24-11-9-22-19-23(30-18-17-29-20(2)3)13-15-28(22,5)26(24)14-16-27(21,25)4/h1,10,12,19-21,23-26,29-30H,7-9,11,13-18H2,2-5H3/t21-,23?,24?,25?,26?,27+,28?/m0/s1. The maximum absolute atomic E-state index is 5.59. The molecular weight excluding hydrogens is 364 g/mol. The van der Waals surface area contributed by atoms with Gasteiger partial charge in [-0.2, -0.15) is 0 Å². The van der Waals surface area contributed by atoms with Gasteiger partial charge in [0.15, 0.2) is 0 Å². The van der Waals surface area contributed by atoms with Gasteiger partial charge >= 0.3 is 0 Å². The quantitative estimate of drug-likeness (QED) is 0.320. The molecule has 2 saturated carbocycles. The van der Waals surface area contributed by atoms with E-state index in [0.29, 0.717) is 28.8 Å². The van der Waals surface area contributed by atoms with Gasteiger partial charge in [-0.3, -0.25) is 0 Å². The van der Waals surface area contributed by atoms with E-state index in [-0.39, 0.29) is 0 Å². The highest BCUT2D eigenvalue weighted by Crippen LogP contribution is 2.65. The van der Waals surface area contributed by atoms with E-state index in [1.54, 1.807) is 5.57 Å². The fraction of sp³-hybridized carbons (Fsp3) is 0.786. The molecule has 2 nitrogen and oxygen atoms in total. The van der Waals surface area contributed by atoms with E-state index in [9.17, 15) is 0 Å². The van der Waals surface area contributed by atoms with E-state index in [1.165, 1.54) is 44.9 Å². The normalized spacial score (nSPS) is 42.3. The van der Waals surface area contributed by atoms with E-state index < -0.39 is 0 Å². The fourth-order valence-electron chi connectivity index (χ4n) is 7.72. The van der Waals surface area contributed by atoms with Gasteiger partial charge in [-0.1, -0.05) is 51.5 Å². The minimum absolute atomic E-state index is 0.434. The molecule has 0 spiro atoms. The summed E-state index contributed by atoms with van der Waals surface area (Å²) in [6.07, 6.45) is 23.7. The van der Waals surface area contributed by atoms with Gasteiger partial charge in [-0.05, 0) is 79.4 Å². The Morgan fingerprint density at radius 2 is 1.97 bits per heavy atom. The van der Waals surface area contributed by atoms with Crippen molar-refractivity contribution in [2.24, 2.45) is 34.5 Å². The van der Waals surface area contributed by atoms with Crippen LogP contribution in [-0.2, 0) is 0 Å². The molecule has 7 atom stereocenters. The number of hydrogen-bond acceptors (Lipinski definition) is 2. The second-order valence-electron chi connectivity index (χ2n) is 11.4. The zero-order valence-electron chi connectivity index (χ0n) is 19.8. The van der Waals surface area contributed by atoms with Gasteiger partial charge in [-0.15, -0.1) is 12.3 Å². The summed E-state index contributed by atoms with van der Waals surface area (Å²) in [7, 11) is 0. The van der Waals surface area contributed by atoms with Crippen LogP contribution in [0, 0.1) is 46.8 Å². The molecule has 2 fully saturated rings. The monoisotopic (exact) mass is 408 g/mol. The first-order chi connectivity index (χ1) is 14.4. The highest BCUT2D eigenvalue weighted by molar-refractivity contribution is 5.28. The van der Waals surface area contributed by atoms with Crippen molar-refractivity contribution in [2.45, 2.75) is 91.1 Å². The Morgan fingerprint density at radius 1 is 1.13 bits per heavy atom. The lowest BCUT2D eigenvalue weighted by molar-refractivity contribution is -0.0425. The van der Waals surface area contributed by atoms with Crippen LogP contribution in [0.2, 0.25) is 0 Å². The predicted octanol–water partition coefficient (Wildman–Crippen LogP) is 5.71. The Kier molecular flexibility index (Phi) is 6.53. The van der Waals surface area contributed by atoms with E-state index in [4.69, 9.17) is 6.42 Å². The molecule has 0 heterocycles. The SMILES string of the molecule is C#CCC[C@H]1C=CC2C3CCC4=CC(NCCNC(C)C)CCC4(C)C3CC[C@@]21C. The molecule has 0 aromatic carbocycles. The summed E-state index contributed by atoms with van der Waals surface area (Å²) in [6.45, 7) is 11.8. The summed E-state index contributed by atoms with van der Waals surface area (Å²) < 4.78 is 0. The summed E-state index contributed by atoms with van der Waals surface area (Å²) in [5, 5.41) is 7.33. The van der Waals surface area contributed by atoms with Crippen molar-refractivity contribution in [3.63, 3.8) is 0 Å². The van der Waals surface area contributed by atoms with Crippen LogP contribution in [0.3, 0.4) is 0 Å². The van der Waals surface area contributed by atoms with Crippen LogP contribution in [0.5, 0.6) is 0 Å². The van der Waals surface area contributed by atoms with Gasteiger partial charge in [-0.25, -0.2) is 0 Å². The summed E-state index contributed by atoms with van der Waals surface area (Å²) in [5.74, 6) is 6.10. The molecule has 5 unspecified atom stereocenters. The lowest BCUT2D eigenvalue weighted by Gasteiger charge is -2.58.